The highest BCUT2D eigenvalue weighted by atomic mass is 35.5. The summed E-state index contributed by atoms with van der Waals surface area (Å²) in [6, 6.07) is 9.30. The van der Waals surface area contributed by atoms with E-state index in [1.54, 1.807) is 0 Å². The summed E-state index contributed by atoms with van der Waals surface area (Å²) in [5.74, 6) is -5.51. The van der Waals surface area contributed by atoms with Gasteiger partial charge in [-0.05, 0) is 37.3 Å². The normalized spacial score (nSPS) is 17.3. The SMILES string of the molecule is CC1(O)Sc2ccc(C(=O)NCc3c(F)cc(F)cc3F)cc2N(Cc2c(F)cccc2Cl)C1=O. The predicted octanol–water partition coefficient (Wildman–Crippen LogP) is 5.17. The average molecular weight is 525 g/mol. The van der Waals surface area contributed by atoms with Gasteiger partial charge in [-0.2, -0.15) is 0 Å². The van der Waals surface area contributed by atoms with E-state index in [9.17, 15) is 32.3 Å². The predicted molar refractivity (Wildman–Crippen MR) is 123 cm³/mol. The quantitative estimate of drug-likeness (QED) is 0.452. The molecule has 1 aliphatic rings. The van der Waals surface area contributed by atoms with Gasteiger partial charge >= 0.3 is 0 Å². The van der Waals surface area contributed by atoms with Crippen LogP contribution in [-0.4, -0.2) is 21.9 Å². The number of hydrogen-bond donors (Lipinski definition) is 2. The fourth-order valence-corrected chi connectivity index (χ4v) is 4.84. The number of amides is 2. The highest BCUT2D eigenvalue weighted by molar-refractivity contribution is 8.01. The highest BCUT2D eigenvalue weighted by Crippen LogP contribution is 2.45. The number of anilines is 1. The zero-order valence-electron chi connectivity index (χ0n) is 18.0. The van der Waals surface area contributed by atoms with Gasteiger partial charge in [-0.15, -0.1) is 0 Å². The monoisotopic (exact) mass is 524 g/mol. The van der Waals surface area contributed by atoms with E-state index in [0.29, 0.717) is 17.0 Å². The average Bonchev–Trinajstić information content (AvgIpc) is 2.77. The molecule has 1 aliphatic heterocycles. The second-order valence-electron chi connectivity index (χ2n) is 7.89. The number of rotatable bonds is 5. The summed E-state index contributed by atoms with van der Waals surface area (Å²) >= 11 is 6.97. The number of halogens is 5. The fraction of sp³-hybridized carbons (Fsp3) is 0.167. The van der Waals surface area contributed by atoms with Gasteiger partial charge < -0.3 is 15.3 Å². The molecule has 3 aromatic rings. The van der Waals surface area contributed by atoms with Crippen LogP contribution in [0.2, 0.25) is 5.02 Å². The van der Waals surface area contributed by atoms with Crippen LogP contribution >= 0.6 is 23.4 Å². The van der Waals surface area contributed by atoms with E-state index in [1.807, 2.05) is 0 Å². The Bertz CT molecular complexity index is 1310. The second kappa shape index (κ2) is 9.52. The third-order valence-corrected chi connectivity index (χ3v) is 6.86. The molecule has 1 unspecified atom stereocenters. The third kappa shape index (κ3) is 5.00. The van der Waals surface area contributed by atoms with Crippen molar-refractivity contribution in [3.63, 3.8) is 0 Å². The van der Waals surface area contributed by atoms with Gasteiger partial charge in [-0.1, -0.05) is 29.4 Å². The van der Waals surface area contributed by atoms with E-state index < -0.39 is 52.1 Å². The summed E-state index contributed by atoms with van der Waals surface area (Å²) in [4.78, 5) is 25.4. The Morgan fingerprint density at radius 1 is 1.06 bits per heavy atom. The minimum Gasteiger partial charge on any atom is -0.371 e. The molecule has 182 valence electrons. The molecule has 11 heteroatoms. The number of thioether (sulfide) groups is 1. The van der Waals surface area contributed by atoms with Crippen LogP contribution < -0.4 is 10.2 Å². The summed E-state index contributed by atoms with van der Waals surface area (Å²) in [6.45, 7) is 0.432. The zero-order chi connectivity index (χ0) is 25.5. The molecule has 0 bridgehead atoms. The lowest BCUT2D eigenvalue weighted by Crippen LogP contribution is -2.48. The first kappa shape index (κ1) is 25.0. The molecule has 0 saturated carbocycles. The molecule has 0 saturated heterocycles. The molecular formula is C24H17ClF4N2O3S. The van der Waals surface area contributed by atoms with Crippen molar-refractivity contribution in [2.75, 3.05) is 4.90 Å². The maximum atomic E-state index is 14.4. The Kier molecular flexibility index (Phi) is 6.81. The summed E-state index contributed by atoms with van der Waals surface area (Å²) in [6.07, 6.45) is 0. The van der Waals surface area contributed by atoms with Crippen LogP contribution in [-0.2, 0) is 17.9 Å². The Balaban J connectivity index is 1.65. The molecule has 1 heterocycles. The van der Waals surface area contributed by atoms with Crippen LogP contribution in [0.25, 0.3) is 0 Å². The smallest absolute Gasteiger partial charge is 0.269 e. The van der Waals surface area contributed by atoms with Crippen molar-refractivity contribution in [2.24, 2.45) is 0 Å². The Labute approximate surface area is 206 Å². The first-order chi connectivity index (χ1) is 16.5. The number of hydrogen-bond acceptors (Lipinski definition) is 4. The van der Waals surface area contributed by atoms with Gasteiger partial charge in [0, 0.05) is 45.3 Å². The lowest BCUT2D eigenvalue weighted by Gasteiger charge is -2.37. The standard InChI is InChI=1S/C24H17ClF4N2O3S/c1-24(34)23(33)31(11-15-16(25)3-2-4-17(15)27)20-7-12(5-6-21(20)35-24)22(32)30-10-14-18(28)8-13(26)9-19(14)29/h2-9,34H,10-11H2,1H3,(H,30,32). The maximum Gasteiger partial charge on any atom is 0.269 e. The van der Waals surface area contributed by atoms with E-state index in [0.717, 1.165) is 16.7 Å². The largest absolute Gasteiger partial charge is 0.371 e. The molecule has 1 atom stereocenters. The van der Waals surface area contributed by atoms with Crippen molar-refractivity contribution >= 4 is 40.9 Å². The van der Waals surface area contributed by atoms with Crippen molar-refractivity contribution < 1.29 is 32.3 Å². The van der Waals surface area contributed by atoms with Gasteiger partial charge in [-0.3, -0.25) is 9.59 Å². The second-order valence-corrected chi connectivity index (χ2v) is 9.74. The molecule has 35 heavy (non-hydrogen) atoms. The third-order valence-electron chi connectivity index (χ3n) is 5.37. The van der Waals surface area contributed by atoms with Gasteiger partial charge in [-0.25, -0.2) is 17.6 Å². The van der Waals surface area contributed by atoms with Crippen molar-refractivity contribution in [3.05, 3.63) is 93.5 Å². The number of carbonyl (C=O) groups is 2. The van der Waals surface area contributed by atoms with Crippen LogP contribution in [0.5, 0.6) is 0 Å². The minimum atomic E-state index is -1.86. The topological polar surface area (TPSA) is 69.6 Å². The van der Waals surface area contributed by atoms with Crippen LogP contribution in [0.3, 0.4) is 0 Å². The first-order valence-electron chi connectivity index (χ1n) is 10.2. The Morgan fingerprint density at radius 2 is 1.74 bits per heavy atom. The van der Waals surface area contributed by atoms with Gasteiger partial charge in [0.2, 0.25) is 0 Å². The van der Waals surface area contributed by atoms with E-state index in [-0.39, 0.29) is 28.4 Å². The molecule has 0 spiro atoms. The van der Waals surface area contributed by atoms with Crippen molar-refractivity contribution in [1.82, 2.24) is 5.32 Å². The number of carbonyl (C=O) groups excluding carboxylic acids is 2. The molecule has 0 fully saturated rings. The van der Waals surface area contributed by atoms with E-state index in [2.05, 4.69) is 5.32 Å². The van der Waals surface area contributed by atoms with Crippen LogP contribution in [0.1, 0.15) is 28.4 Å². The lowest BCUT2D eigenvalue weighted by molar-refractivity contribution is -0.128. The van der Waals surface area contributed by atoms with E-state index in [1.165, 1.54) is 43.3 Å². The van der Waals surface area contributed by atoms with E-state index >= 15 is 0 Å². The Morgan fingerprint density at radius 3 is 2.40 bits per heavy atom. The molecule has 0 radical (unpaired) electrons. The molecule has 2 amide bonds. The summed E-state index contributed by atoms with van der Waals surface area (Å²) < 4.78 is 55.3. The molecule has 4 rings (SSSR count). The zero-order valence-corrected chi connectivity index (χ0v) is 19.6. The van der Waals surface area contributed by atoms with Crippen LogP contribution in [0, 0.1) is 23.3 Å². The molecule has 5 nitrogen and oxygen atoms in total. The van der Waals surface area contributed by atoms with Crippen molar-refractivity contribution in [2.45, 2.75) is 29.8 Å². The summed E-state index contributed by atoms with van der Waals surface area (Å²) in [5.41, 5.74) is -0.243. The number of benzene rings is 3. The molecular weight excluding hydrogens is 508 g/mol. The van der Waals surface area contributed by atoms with Gasteiger partial charge in [0.05, 0.1) is 12.2 Å². The van der Waals surface area contributed by atoms with Gasteiger partial charge in [0.1, 0.15) is 23.3 Å². The van der Waals surface area contributed by atoms with Gasteiger partial charge in [0.25, 0.3) is 11.8 Å². The maximum absolute atomic E-state index is 14.4. The number of fused-ring (bicyclic) bond motifs is 1. The molecule has 0 aliphatic carbocycles. The summed E-state index contributed by atoms with van der Waals surface area (Å²) in [7, 11) is 0. The van der Waals surface area contributed by atoms with Crippen LogP contribution in [0.15, 0.2) is 53.4 Å². The Hall–Kier alpha value is -3.08. The fourth-order valence-electron chi connectivity index (χ4n) is 3.58. The van der Waals surface area contributed by atoms with Gasteiger partial charge in [0.15, 0.2) is 4.93 Å². The highest BCUT2D eigenvalue weighted by Gasteiger charge is 2.42. The van der Waals surface area contributed by atoms with E-state index in [4.69, 9.17) is 11.6 Å². The molecule has 0 aromatic heterocycles. The van der Waals surface area contributed by atoms with Crippen molar-refractivity contribution in [1.29, 1.82) is 0 Å². The first-order valence-corrected chi connectivity index (χ1v) is 11.4. The molecule has 2 N–H and O–H groups in total. The number of nitrogens with zero attached hydrogens (tertiary/aromatic N) is 1. The lowest BCUT2D eigenvalue weighted by atomic mass is 10.1. The number of nitrogens with one attached hydrogen (secondary N) is 1. The number of aliphatic hydroxyl groups is 1. The van der Waals surface area contributed by atoms with Crippen LogP contribution in [0.4, 0.5) is 23.2 Å². The minimum absolute atomic E-state index is 0.0216. The summed E-state index contributed by atoms with van der Waals surface area (Å²) in [5, 5.41) is 13.0. The van der Waals surface area contributed by atoms with Crippen molar-refractivity contribution in [3.8, 4) is 0 Å². The molecule has 3 aromatic carbocycles.